The van der Waals surface area contributed by atoms with Crippen LogP contribution in [0.3, 0.4) is 0 Å². The van der Waals surface area contributed by atoms with Crippen molar-refractivity contribution >= 4 is 27.3 Å². The summed E-state index contributed by atoms with van der Waals surface area (Å²) in [6.45, 7) is 2.33. The zero-order valence-electron chi connectivity index (χ0n) is 17.0. The van der Waals surface area contributed by atoms with Crippen LogP contribution >= 0.6 is 11.3 Å². The van der Waals surface area contributed by atoms with E-state index in [4.69, 9.17) is 0 Å². The van der Waals surface area contributed by atoms with E-state index in [9.17, 15) is 4.79 Å². The van der Waals surface area contributed by atoms with Gasteiger partial charge >= 0.3 is 0 Å². The lowest BCUT2D eigenvalue weighted by Gasteiger charge is -2.43. The van der Waals surface area contributed by atoms with E-state index in [1.165, 1.54) is 47.1 Å². The molecule has 0 N–H and O–H groups in total. The molecular formula is C25H28N2OS. The summed E-state index contributed by atoms with van der Waals surface area (Å²) in [4.78, 5) is 18.1. The summed E-state index contributed by atoms with van der Waals surface area (Å²) >= 11 is 1.74. The van der Waals surface area contributed by atoms with Crippen molar-refractivity contribution in [1.82, 2.24) is 9.80 Å². The molecule has 0 saturated carbocycles. The predicted molar refractivity (Wildman–Crippen MR) is 120 cm³/mol. The van der Waals surface area contributed by atoms with Crippen LogP contribution in [0, 0.1) is 0 Å². The molecule has 5 rings (SSSR count). The van der Waals surface area contributed by atoms with Gasteiger partial charge in [-0.25, -0.2) is 0 Å². The van der Waals surface area contributed by atoms with Gasteiger partial charge in [0.2, 0.25) is 5.91 Å². The monoisotopic (exact) mass is 404 g/mol. The Morgan fingerprint density at radius 2 is 1.93 bits per heavy atom. The van der Waals surface area contributed by atoms with Crippen molar-refractivity contribution in [1.29, 1.82) is 0 Å². The molecule has 1 aliphatic heterocycles. The first-order valence-electron chi connectivity index (χ1n) is 10.7. The fourth-order valence-corrected chi connectivity index (χ4v) is 6.13. The molecule has 1 aromatic heterocycles. The molecule has 0 unspecified atom stereocenters. The average Bonchev–Trinajstić information content (AvgIpc) is 3.45. The Hall–Kier alpha value is -2.17. The van der Waals surface area contributed by atoms with Crippen molar-refractivity contribution in [3.05, 3.63) is 70.6 Å². The summed E-state index contributed by atoms with van der Waals surface area (Å²) in [6.07, 6.45) is 5.28. The summed E-state index contributed by atoms with van der Waals surface area (Å²) in [5, 5.41) is 3.34. The molecule has 2 aromatic carbocycles. The number of aryl methyl sites for hydroxylation is 1. The second-order valence-electron chi connectivity index (χ2n) is 8.42. The van der Waals surface area contributed by atoms with Gasteiger partial charge in [-0.3, -0.25) is 9.69 Å². The average molecular weight is 405 g/mol. The van der Waals surface area contributed by atoms with Crippen LogP contribution in [-0.2, 0) is 17.6 Å². The summed E-state index contributed by atoms with van der Waals surface area (Å²) in [6, 6.07) is 17.8. The van der Waals surface area contributed by atoms with Gasteiger partial charge in [-0.15, -0.1) is 11.3 Å². The number of amides is 1. The number of hydrogen-bond donors (Lipinski definition) is 0. The molecule has 150 valence electrons. The van der Waals surface area contributed by atoms with Crippen molar-refractivity contribution in [2.24, 2.45) is 0 Å². The lowest BCUT2D eigenvalue weighted by molar-refractivity contribution is -0.133. The van der Waals surface area contributed by atoms with Crippen LogP contribution in [0.5, 0.6) is 0 Å². The van der Waals surface area contributed by atoms with Gasteiger partial charge in [-0.2, -0.15) is 0 Å². The third-order valence-electron chi connectivity index (χ3n) is 6.80. The van der Waals surface area contributed by atoms with Crippen LogP contribution in [0.25, 0.3) is 10.1 Å². The summed E-state index contributed by atoms with van der Waals surface area (Å²) in [5.41, 5.74) is 3.90. The quantitative estimate of drug-likeness (QED) is 0.607. The number of benzene rings is 2. The summed E-state index contributed by atoms with van der Waals surface area (Å²) in [7, 11) is 2.02. The Morgan fingerprint density at radius 1 is 1.10 bits per heavy atom. The minimum Gasteiger partial charge on any atom is -0.337 e. The maximum atomic E-state index is 13.5. The van der Waals surface area contributed by atoms with Gasteiger partial charge in [-0.1, -0.05) is 36.4 Å². The molecule has 1 saturated heterocycles. The van der Waals surface area contributed by atoms with E-state index in [0.29, 0.717) is 12.5 Å². The smallest absolute Gasteiger partial charge is 0.227 e. The molecule has 1 amide bonds. The van der Waals surface area contributed by atoms with Gasteiger partial charge in [0.05, 0.1) is 12.5 Å². The Kier molecular flexibility index (Phi) is 5.15. The molecule has 0 radical (unpaired) electrons. The normalized spacial score (nSPS) is 22.0. The molecule has 2 atom stereocenters. The molecule has 29 heavy (non-hydrogen) atoms. The lowest BCUT2D eigenvalue weighted by Crippen LogP contribution is -2.48. The number of nitrogens with zero attached hydrogens (tertiary/aromatic N) is 2. The highest BCUT2D eigenvalue weighted by Gasteiger charge is 2.38. The highest BCUT2D eigenvalue weighted by atomic mass is 32.1. The first-order valence-corrected chi connectivity index (χ1v) is 11.6. The van der Waals surface area contributed by atoms with Gasteiger partial charge in [0.15, 0.2) is 0 Å². The van der Waals surface area contributed by atoms with Crippen molar-refractivity contribution < 1.29 is 4.79 Å². The van der Waals surface area contributed by atoms with E-state index in [2.05, 4.69) is 58.8 Å². The number of carbonyl (C=O) groups is 1. The predicted octanol–water partition coefficient (Wildman–Crippen LogP) is 5.05. The van der Waals surface area contributed by atoms with Crippen LogP contribution in [0.2, 0.25) is 0 Å². The Bertz CT molecular complexity index is 1020. The molecular weight excluding hydrogens is 376 g/mol. The zero-order chi connectivity index (χ0) is 19.8. The van der Waals surface area contributed by atoms with Gasteiger partial charge in [0, 0.05) is 17.8 Å². The number of fused-ring (bicyclic) bond motifs is 2. The van der Waals surface area contributed by atoms with Crippen LogP contribution in [0.4, 0.5) is 0 Å². The first-order chi connectivity index (χ1) is 14.2. The summed E-state index contributed by atoms with van der Waals surface area (Å²) in [5.74, 6) is 0.217. The Morgan fingerprint density at radius 3 is 2.79 bits per heavy atom. The zero-order valence-corrected chi connectivity index (χ0v) is 17.8. The standard InChI is InChI=1S/C25H28N2OS/c1-26(24(28)17-19-8-6-10-23-20(19)13-16-29-23)25-21-9-3-2-7-18(21)11-12-22(25)27-14-4-5-15-27/h2-3,6-10,13,16,22,25H,4-5,11-12,14-15,17H2,1H3/t22-,25-/m1/s1. The van der Waals surface area contributed by atoms with Crippen molar-refractivity contribution in [3.8, 4) is 0 Å². The Balaban J connectivity index is 1.45. The molecule has 2 aliphatic rings. The fourth-order valence-electron chi connectivity index (χ4n) is 5.29. The molecule has 1 fully saturated rings. The van der Waals surface area contributed by atoms with Crippen LogP contribution < -0.4 is 0 Å². The topological polar surface area (TPSA) is 23.6 Å². The van der Waals surface area contributed by atoms with Gasteiger partial charge in [0.25, 0.3) is 0 Å². The minimum absolute atomic E-state index is 0.146. The lowest BCUT2D eigenvalue weighted by atomic mass is 9.82. The highest BCUT2D eigenvalue weighted by Crippen LogP contribution is 2.38. The molecule has 0 spiro atoms. The maximum absolute atomic E-state index is 13.5. The van der Waals surface area contributed by atoms with Crippen molar-refractivity contribution in [2.45, 2.75) is 44.2 Å². The van der Waals surface area contributed by atoms with E-state index in [1.54, 1.807) is 11.3 Å². The van der Waals surface area contributed by atoms with E-state index in [-0.39, 0.29) is 11.9 Å². The number of carbonyl (C=O) groups excluding carboxylic acids is 1. The summed E-state index contributed by atoms with van der Waals surface area (Å²) < 4.78 is 1.26. The van der Waals surface area contributed by atoms with Crippen molar-refractivity contribution in [2.75, 3.05) is 20.1 Å². The fraction of sp³-hybridized carbons (Fsp3) is 0.400. The molecule has 0 bridgehead atoms. The van der Waals surface area contributed by atoms with E-state index >= 15 is 0 Å². The van der Waals surface area contributed by atoms with Crippen LogP contribution in [0.1, 0.15) is 42.0 Å². The highest BCUT2D eigenvalue weighted by molar-refractivity contribution is 7.17. The number of rotatable bonds is 4. The van der Waals surface area contributed by atoms with Gasteiger partial charge in [-0.05, 0) is 78.4 Å². The molecule has 3 aromatic rings. The molecule has 4 heteroatoms. The second kappa shape index (κ2) is 7.92. The van der Waals surface area contributed by atoms with Gasteiger partial charge in [0.1, 0.15) is 0 Å². The van der Waals surface area contributed by atoms with Gasteiger partial charge < -0.3 is 4.90 Å². The third-order valence-corrected chi connectivity index (χ3v) is 7.68. The molecule has 3 nitrogen and oxygen atoms in total. The van der Waals surface area contributed by atoms with Crippen LogP contribution in [-0.4, -0.2) is 41.9 Å². The molecule has 1 aliphatic carbocycles. The minimum atomic E-state index is 0.146. The van der Waals surface area contributed by atoms with E-state index in [1.807, 2.05) is 11.9 Å². The van der Waals surface area contributed by atoms with Crippen molar-refractivity contribution in [3.63, 3.8) is 0 Å². The third kappa shape index (κ3) is 3.49. The van der Waals surface area contributed by atoms with E-state index < -0.39 is 0 Å². The number of thiophene rings is 1. The second-order valence-corrected chi connectivity index (χ2v) is 9.37. The largest absolute Gasteiger partial charge is 0.337 e. The number of likely N-dealkylation sites (N-methyl/N-ethyl adjacent to an activating group) is 1. The SMILES string of the molecule is CN(C(=O)Cc1cccc2sccc12)[C@@H]1c2ccccc2CC[C@H]1N1CCCC1. The Labute approximate surface area is 176 Å². The number of hydrogen-bond acceptors (Lipinski definition) is 3. The van der Waals surface area contributed by atoms with E-state index in [0.717, 1.165) is 18.4 Å². The maximum Gasteiger partial charge on any atom is 0.227 e. The molecule has 2 heterocycles. The first kappa shape index (κ1) is 18.8. The van der Waals surface area contributed by atoms with Crippen LogP contribution in [0.15, 0.2) is 53.9 Å². The number of likely N-dealkylation sites (tertiary alicyclic amines) is 1.